The Hall–Kier alpha value is -3.29. The number of hydrogen-bond donors (Lipinski definition) is 1. The van der Waals surface area contributed by atoms with E-state index in [1.807, 2.05) is 47.5 Å². The smallest absolute Gasteiger partial charge is 0.243 e. The Morgan fingerprint density at radius 2 is 1.88 bits per heavy atom. The fourth-order valence-electron chi connectivity index (χ4n) is 3.44. The van der Waals surface area contributed by atoms with Crippen LogP contribution >= 0.6 is 22.9 Å². The van der Waals surface area contributed by atoms with Crippen LogP contribution in [-0.4, -0.2) is 21.9 Å². The molecule has 1 N–H and O–H groups in total. The number of carbonyl (C=O) groups is 1. The van der Waals surface area contributed by atoms with Crippen molar-refractivity contribution < 1.29 is 9.18 Å². The van der Waals surface area contributed by atoms with Crippen LogP contribution in [-0.2, 0) is 11.3 Å². The van der Waals surface area contributed by atoms with Crippen molar-refractivity contribution in [3.05, 3.63) is 94.8 Å². The van der Waals surface area contributed by atoms with Crippen molar-refractivity contribution in [3.63, 3.8) is 0 Å². The van der Waals surface area contributed by atoms with Crippen molar-refractivity contribution in [2.75, 3.05) is 4.90 Å². The Kier molecular flexibility index (Phi) is 7.32. The van der Waals surface area contributed by atoms with E-state index < -0.39 is 6.04 Å². The van der Waals surface area contributed by atoms with E-state index in [1.165, 1.54) is 23.5 Å². The SMILES string of the molecule is CC[C@@H](C(=O)NCc1ccccn1)N(c1ccc(Cl)cc1)c1nc(-c2ccc(F)cc2)cs1. The molecule has 0 aliphatic heterocycles. The highest BCUT2D eigenvalue weighted by Gasteiger charge is 2.28. The van der Waals surface area contributed by atoms with Crippen LogP contribution in [0.3, 0.4) is 0 Å². The summed E-state index contributed by atoms with van der Waals surface area (Å²) in [5, 5.41) is 6.17. The summed E-state index contributed by atoms with van der Waals surface area (Å²) >= 11 is 7.53. The number of thiazole rings is 1. The quantitative estimate of drug-likeness (QED) is 0.324. The molecule has 0 saturated carbocycles. The highest BCUT2D eigenvalue weighted by molar-refractivity contribution is 7.14. The molecule has 0 saturated heterocycles. The molecular formula is C25H22ClFN4OS. The Bertz CT molecular complexity index is 1200. The van der Waals surface area contributed by atoms with Crippen LogP contribution in [0.15, 0.2) is 78.3 Å². The minimum atomic E-state index is -0.498. The monoisotopic (exact) mass is 480 g/mol. The van der Waals surface area contributed by atoms with Gasteiger partial charge in [-0.05, 0) is 67.1 Å². The molecule has 0 bridgehead atoms. The highest BCUT2D eigenvalue weighted by atomic mass is 35.5. The van der Waals surface area contributed by atoms with Crippen molar-refractivity contribution in [1.29, 1.82) is 0 Å². The number of carbonyl (C=O) groups excluding carboxylic acids is 1. The third-order valence-electron chi connectivity index (χ3n) is 5.11. The minimum Gasteiger partial charge on any atom is -0.349 e. The van der Waals surface area contributed by atoms with Crippen LogP contribution in [0.4, 0.5) is 15.2 Å². The number of amides is 1. The second-order valence-corrected chi connectivity index (χ2v) is 8.60. The number of halogens is 2. The maximum atomic E-state index is 13.3. The van der Waals surface area contributed by atoms with Crippen LogP contribution in [0.5, 0.6) is 0 Å². The van der Waals surface area contributed by atoms with E-state index in [0.717, 1.165) is 22.6 Å². The fraction of sp³-hybridized carbons (Fsp3) is 0.160. The topological polar surface area (TPSA) is 58.1 Å². The second-order valence-electron chi connectivity index (χ2n) is 7.33. The number of aromatic nitrogens is 2. The summed E-state index contributed by atoms with van der Waals surface area (Å²) in [6, 6.07) is 18.6. The largest absolute Gasteiger partial charge is 0.349 e. The van der Waals surface area contributed by atoms with Crippen molar-refractivity contribution in [2.24, 2.45) is 0 Å². The van der Waals surface area contributed by atoms with E-state index in [4.69, 9.17) is 16.6 Å². The molecule has 4 rings (SSSR count). The molecule has 1 atom stereocenters. The maximum Gasteiger partial charge on any atom is 0.243 e. The van der Waals surface area contributed by atoms with Gasteiger partial charge in [-0.25, -0.2) is 9.37 Å². The third-order valence-corrected chi connectivity index (χ3v) is 6.21. The molecule has 5 nitrogen and oxygen atoms in total. The van der Waals surface area contributed by atoms with Crippen molar-refractivity contribution in [3.8, 4) is 11.3 Å². The lowest BCUT2D eigenvalue weighted by Gasteiger charge is -2.30. The van der Waals surface area contributed by atoms with Gasteiger partial charge in [-0.15, -0.1) is 11.3 Å². The molecule has 168 valence electrons. The van der Waals surface area contributed by atoms with E-state index in [2.05, 4.69) is 10.3 Å². The van der Waals surface area contributed by atoms with Gasteiger partial charge in [-0.2, -0.15) is 0 Å². The molecule has 2 aromatic heterocycles. The first-order valence-electron chi connectivity index (χ1n) is 10.5. The van der Waals surface area contributed by atoms with Gasteiger partial charge in [0.15, 0.2) is 5.13 Å². The van der Waals surface area contributed by atoms with Crippen molar-refractivity contribution in [1.82, 2.24) is 15.3 Å². The number of hydrogen-bond acceptors (Lipinski definition) is 5. The highest BCUT2D eigenvalue weighted by Crippen LogP contribution is 2.35. The van der Waals surface area contributed by atoms with Gasteiger partial charge in [0.1, 0.15) is 11.9 Å². The lowest BCUT2D eigenvalue weighted by Crippen LogP contribution is -2.44. The summed E-state index contributed by atoms with van der Waals surface area (Å²) < 4.78 is 13.3. The standard InChI is InChI=1S/C25H22ClFN4OS/c1-2-23(24(32)29-15-20-5-3-4-14-28-20)31(21-12-8-18(26)9-13-21)25-30-22(16-33-25)17-6-10-19(27)11-7-17/h3-14,16,23H,2,15H2,1H3,(H,29,32)/t23-/m0/s1. The first kappa shape index (κ1) is 22.9. The summed E-state index contributed by atoms with van der Waals surface area (Å²) in [7, 11) is 0. The van der Waals surface area contributed by atoms with Gasteiger partial charge in [0.25, 0.3) is 0 Å². The first-order chi connectivity index (χ1) is 16.0. The van der Waals surface area contributed by atoms with Crippen molar-refractivity contribution >= 4 is 39.7 Å². The van der Waals surface area contributed by atoms with Crippen LogP contribution in [0.25, 0.3) is 11.3 Å². The van der Waals surface area contributed by atoms with E-state index in [9.17, 15) is 9.18 Å². The van der Waals surface area contributed by atoms with Gasteiger partial charge in [0.05, 0.1) is 17.9 Å². The second kappa shape index (κ2) is 10.6. The lowest BCUT2D eigenvalue weighted by molar-refractivity contribution is -0.122. The molecule has 33 heavy (non-hydrogen) atoms. The molecule has 0 unspecified atom stereocenters. The van der Waals surface area contributed by atoms with E-state index in [0.29, 0.717) is 23.1 Å². The predicted molar refractivity (Wildman–Crippen MR) is 131 cm³/mol. The zero-order chi connectivity index (χ0) is 23.2. The number of nitrogens with one attached hydrogen (secondary N) is 1. The van der Waals surface area contributed by atoms with Gasteiger partial charge in [0, 0.05) is 27.9 Å². The summed E-state index contributed by atoms with van der Waals surface area (Å²) in [6.45, 7) is 2.30. The number of nitrogens with zero attached hydrogens (tertiary/aromatic N) is 3. The average molecular weight is 481 g/mol. The maximum absolute atomic E-state index is 13.3. The molecule has 1 amide bonds. The molecule has 8 heteroatoms. The fourth-order valence-corrected chi connectivity index (χ4v) is 4.47. The Morgan fingerprint density at radius 1 is 1.12 bits per heavy atom. The zero-order valence-electron chi connectivity index (χ0n) is 17.9. The minimum absolute atomic E-state index is 0.128. The number of anilines is 2. The van der Waals surface area contributed by atoms with E-state index in [-0.39, 0.29) is 11.7 Å². The molecule has 0 fully saturated rings. The van der Waals surface area contributed by atoms with Gasteiger partial charge in [-0.1, -0.05) is 24.6 Å². The Balaban J connectivity index is 1.65. The van der Waals surface area contributed by atoms with Crippen LogP contribution < -0.4 is 10.2 Å². The molecular weight excluding hydrogens is 459 g/mol. The number of rotatable bonds is 8. The first-order valence-corrected chi connectivity index (χ1v) is 11.7. The average Bonchev–Trinajstić information content (AvgIpc) is 3.32. The molecule has 2 heterocycles. The van der Waals surface area contributed by atoms with Crippen LogP contribution in [0.1, 0.15) is 19.0 Å². The Morgan fingerprint density at radius 3 is 2.55 bits per heavy atom. The molecule has 0 spiro atoms. The molecule has 0 aliphatic rings. The predicted octanol–water partition coefficient (Wildman–Crippen LogP) is 6.23. The molecule has 0 radical (unpaired) electrons. The van der Waals surface area contributed by atoms with E-state index >= 15 is 0 Å². The van der Waals surface area contributed by atoms with Gasteiger partial charge < -0.3 is 10.2 Å². The Labute approximate surface area is 200 Å². The summed E-state index contributed by atoms with van der Waals surface area (Å²) in [5.74, 6) is -0.427. The zero-order valence-corrected chi connectivity index (χ0v) is 19.5. The lowest BCUT2D eigenvalue weighted by atomic mass is 10.1. The van der Waals surface area contributed by atoms with Gasteiger partial charge in [0.2, 0.25) is 5.91 Å². The summed E-state index contributed by atoms with van der Waals surface area (Å²) in [4.78, 5) is 24.2. The van der Waals surface area contributed by atoms with E-state index in [1.54, 1.807) is 30.5 Å². The van der Waals surface area contributed by atoms with Gasteiger partial charge >= 0.3 is 0 Å². The number of benzene rings is 2. The molecule has 2 aromatic carbocycles. The third kappa shape index (κ3) is 5.56. The van der Waals surface area contributed by atoms with Crippen molar-refractivity contribution in [2.45, 2.75) is 25.9 Å². The van der Waals surface area contributed by atoms with Crippen LogP contribution in [0.2, 0.25) is 5.02 Å². The summed E-state index contributed by atoms with van der Waals surface area (Å²) in [5.41, 5.74) is 3.12. The van der Waals surface area contributed by atoms with Crippen LogP contribution in [0, 0.1) is 5.82 Å². The molecule has 4 aromatic rings. The van der Waals surface area contributed by atoms with Gasteiger partial charge in [-0.3, -0.25) is 9.78 Å². The normalized spacial score (nSPS) is 11.7. The molecule has 0 aliphatic carbocycles. The summed E-state index contributed by atoms with van der Waals surface area (Å²) in [6.07, 6.45) is 2.26. The number of pyridine rings is 1.